The quantitative estimate of drug-likeness (QED) is 0.647. The van der Waals surface area contributed by atoms with Crippen LogP contribution in [0.15, 0.2) is 18.3 Å². The highest BCUT2D eigenvalue weighted by Crippen LogP contribution is 2.38. The fraction of sp³-hybridized carbons (Fsp3) is 0.625. The summed E-state index contributed by atoms with van der Waals surface area (Å²) in [5, 5.41) is 22.3. The van der Waals surface area contributed by atoms with Crippen molar-refractivity contribution >= 4 is 5.91 Å². The Labute approximate surface area is 148 Å². The molecule has 1 aromatic heterocycles. The van der Waals surface area contributed by atoms with E-state index in [9.17, 15) is 28.2 Å². The second-order valence-corrected chi connectivity index (χ2v) is 6.42. The van der Waals surface area contributed by atoms with Gasteiger partial charge in [0.25, 0.3) is 0 Å². The predicted molar refractivity (Wildman–Crippen MR) is 83.3 cm³/mol. The van der Waals surface area contributed by atoms with E-state index in [1.807, 2.05) is 0 Å². The number of hydrogen-bond acceptors (Lipinski definition) is 6. The van der Waals surface area contributed by atoms with Crippen LogP contribution in [0.1, 0.15) is 18.4 Å². The molecule has 1 amide bonds. The van der Waals surface area contributed by atoms with E-state index in [4.69, 9.17) is 9.47 Å². The monoisotopic (exact) mass is 378 g/mol. The van der Waals surface area contributed by atoms with Crippen LogP contribution in [0, 0.1) is 5.41 Å². The Morgan fingerprint density at radius 3 is 2.50 bits per heavy atom. The summed E-state index contributed by atoms with van der Waals surface area (Å²) in [7, 11) is 1.37. The summed E-state index contributed by atoms with van der Waals surface area (Å²) in [5.74, 6) is -0.383. The molecule has 1 saturated carbocycles. The molecule has 0 spiro atoms. The molecule has 0 radical (unpaired) electrons. The Bertz CT molecular complexity index is 599. The van der Waals surface area contributed by atoms with Crippen molar-refractivity contribution in [1.82, 2.24) is 10.3 Å². The van der Waals surface area contributed by atoms with Crippen LogP contribution in [0.2, 0.25) is 0 Å². The molecule has 0 aliphatic heterocycles. The van der Waals surface area contributed by atoms with E-state index in [0.29, 0.717) is 6.20 Å². The molecule has 1 aromatic rings. The zero-order valence-corrected chi connectivity index (χ0v) is 14.1. The van der Waals surface area contributed by atoms with Crippen molar-refractivity contribution in [2.45, 2.75) is 31.2 Å². The predicted octanol–water partition coefficient (Wildman–Crippen LogP) is 0.744. The first kappa shape index (κ1) is 20.4. The molecule has 1 fully saturated rings. The molecule has 26 heavy (non-hydrogen) atoms. The lowest BCUT2D eigenvalue weighted by Crippen LogP contribution is -2.41. The maximum Gasteiger partial charge on any atom is 0.417 e. The molecule has 0 saturated heterocycles. The fourth-order valence-corrected chi connectivity index (χ4v) is 2.88. The third-order valence-corrected chi connectivity index (χ3v) is 4.25. The van der Waals surface area contributed by atoms with Gasteiger partial charge in [-0.3, -0.25) is 4.79 Å². The van der Waals surface area contributed by atoms with Crippen LogP contribution in [0.25, 0.3) is 0 Å². The van der Waals surface area contributed by atoms with E-state index < -0.39 is 29.4 Å². The number of alkyl halides is 3. The summed E-state index contributed by atoms with van der Waals surface area (Å²) in [6.07, 6.45) is -5.43. The SMILES string of the molecule is COCC(=O)NCC1(COc2ccc(C(F)(F)F)cn2)CC(O)C(O)C1. The highest BCUT2D eigenvalue weighted by atomic mass is 19.4. The number of rotatable bonds is 7. The molecule has 146 valence electrons. The number of hydrogen-bond donors (Lipinski definition) is 3. The molecule has 10 heteroatoms. The zero-order chi connectivity index (χ0) is 19.4. The van der Waals surface area contributed by atoms with Gasteiger partial charge >= 0.3 is 6.18 Å². The molecule has 3 N–H and O–H groups in total. The standard InChI is InChI=1S/C16H21F3N2O5/c1-25-7-13(24)21-8-15(4-11(22)12(23)5-15)9-26-14-3-2-10(6-20-14)16(17,18)19/h2-3,6,11-12,22-23H,4-5,7-9H2,1H3,(H,21,24). The van der Waals surface area contributed by atoms with E-state index in [2.05, 4.69) is 10.3 Å². The Hall–Kier alpha value is -1.91. The van der Waals surface area contributed by atoms with Crippen molar-refractivity contribution in [1.29, 1.82) is 0 Å². The first-order valence-corrected chi connectivity index (χ1v) is 7.93. The van der Waals surface area contributed by atoms with Crippen LogP contribution >= 0.6 is 0 Å². The summed E-state index contributed by atoms with van der Waals surface area (Å²) >= 11 is 0. The van der Waals surface area contributed by atoms with Crippen molar-refractivity contribution < 1.29 is 37.7 Å². The molecular formula is C16H21F3N2O5. The van der Waals surface area contributed by atoms with E-state index in [0.717, 1.165) is 12.1 Å². The number of carbonyl (C=O) groups excluding carboxylic acids is 1. The van der Waals surface area contributed by atoms with Crippen LogP contribution in [-0.4, -0.2) is 60.2 Å². The van der Waals surface area contributed by atoms with Gasteiger partial charge in [0.2, 0.25) is 11.8 Å². The number of pyridine rings is 1. The van der Waals surface area contributed by atoms with Crippen molar-refractivity contribution in [3.63, 3.8) is 0 Å². The molecule has 2 rings (SSSR count). The first-order chi connectivity index (χ1) is 12.1. The topological polar surface area (TPSA) is 101 Å². The summed E-state index contributed by atoms with van der Waals surface area (Å²) < 4.78 is 47.8. The van der Waals surface area contributed by atoms with Gasteiger partial charge in [-0.05, 0) is 18.9 Å². The Kier molecular flexibility index (Phi) is 6.43. The third-order valence-electron chi connectivity index (χ3n) is 4.25. The average Bonchev–Trinajstić information content (AvgIpc) is 2.86. The third kappa shape index (κ3) is 5.29. The fourth-order valence-electron chi connectivity index (χ4n) is 2.88. The van der Waals surface area contributed by atoms with Gasteiger partial charge in [-0.15, -0.1) is 0 Å². The lowest BCUT2D eigenvalue weighted by atomic mass is 9.86. The molecular weight excluding hydrogens is 357 g/mol. The van der Waals surface area contributed by atoms with Crippen LogP contribution in [-0.2, 0) is 15.7 Å². The van der Waals surface area contributed by atoms with Crippen molar-refractivity contribution in [3.05, 3.63) is 23.9 Å². The molecule has 7 nitrogen and oxygen atoms in total. The van der Waals surface area contributed by atoms with E-state index in [1.54, 1.807) is 0 Å². The van der Waals surface area contributed by atoms with Crippen molar-refractivity contribution in [2.75, 3.05) is 26.9 Å². The smallest absolute Gasteiger partial charge is 0.417 e. The minimum atomic E-state index is -4.49. The van der Waals surface area contributed by atoms with Crippen LogP contribution in [0.3, 0.4) is 0 Å². The van der Waals surface area contributed by atoms with Gasteiger partial charge in [0.1, 0.15) is 6.61 Å². The van der Waals surface area contributed by atoms with Gasteiger partial charge in [0.05, 0.1) is 24.4 Å². The van der Waals surface area contributed by atoms with Crippen LogP contribution in [0.5, 0.6) is 5.88 Å². The second-order valence-electron chi connectivity index (χ2n) is 6.42. The minimum Gasteiger partial charge on any atom is -0.477 e. The maximum absolute atomic E-state index is 12.6. The second kappa shape index (κ2) is 8.19. The highest BCUT2D eigenvalue weighted by Gasteiger charge is 2.45. The summed E-state index contributed by atoms with van der Waals surface area (Å²) in [6, 6.07) is 1.95. The maximum atomic E-state index is 12.6. The minimum absolute atomic E-state index is 0.0172. The molecule has 1 aliphatic carbocycles. The van der Waals surface area contributed by atoms with Gasteiger partial charge < -0.3 is 25.0 Å². The number of nitrogens with zero attached hydrogens (tertiary/aromatic N) is 1. The molecule has 2 atom stereocenters. The van der Waals surface area contributed by atoms with Crippen molar-refractivity contribution in [2.24, 2.45) is 5.41 Å². The highest BCUT2D eigenvalue weighted by molar-refractivity contribution is 5.77. The number of nitrogens with one attached hydrogen (secondary N) is 1. The lowest BCUT2D eigenvalue weighted by molar-refractivity contribution is -0.137. The number of amides is 1. The number of aromatic nitrogens is 1. The van der Waals surface area contributed by atoms with Gasteiger partial charge in [-0.25, -0.2) is 4.98 Å². The van der Waals surface area contributed by atoms with E-state index in [-0.39, 0.29) is 44.4 Å². The van der Waals surface area contributed by atoms with Gasteiger partial charge in [0, 0.05) is 31.3 Å². The summed E-state index contributed by atoms with van der Waals surface area (Å²) in [5.41, 5.74) is -1.66. The largest absolute Gasteiger partial charge is 0.477 e. The van der Waals surface area contributed by atoms with E-state index >= 15 is 0 Å². The van der Waals surface area contributed by atoms with E-state index in [1.165, 1.54) is 7.11 Å². The lowest BCUT2D eigenvalue weighted by Gasteiger charge is -2.29. The number of methoxy groups -OCH3 is 1. The zero-order valence-electron chi connectivity index (χ0n) is 14.1. The number of aliphatic hydroxyl groups is 2. The number of halogens is 3. The molecule has 2 unspecified atom stereocenters. The number of ether oxygens (including phenoxy) is 2. The number of carbonyl (C=O) groups is 1. The van der Waals surface area contributed by atoms with Crippen LogP contribution in [0.4, 0.5) is 13.2 Å². The average molecular weight is 378 g/mol. The Balaban J connectivity index is 2.02. The Morgan fingerprint density at radius 2 is 2.00 bits per heavy atom. The van der Waals surface area contributed by atoms with Crippen molar-refractivity contribution in [3.8, 4) is 5.88 Å². The summed E-state index contributed by atoms with van der Waals surface area (Å²) in [6.45, 7) is -0.0564. The molecule has 1 heterocycles. The number of aliphatic hydroxyl groups excluding tert-OH is 2. The Morgan fingerprint density at radius 1 is 1.35 bits per heavy atom. The molecule has 0 bridgehead atoms. The normalized spacial score (nSPS) is 25.9. The molecule has 0 aromatic carbocycles. The van der Waals surface area contributed by atoms with Gasteiger partial charge in [-0.1, -0.05) is 0 Å². The van der Waals surface area contributed by atoms with Gasteiger partial charge in [0.15, 0.2) is 0 Å². The molecule has 1 aliphatic rings. The summed E-state index contributed by atoms with van der Waals surface area (Å²) in [4.78, 5) is 15.2. The first-order valence-electron chi connectivity index (χ1n) is 7.93. The van der Waals surface area contributed by atoms with Crippen LogP contribution < -0.4 is 10.1 Å². The van der Waals surface area contributed by atoms with Gasteiger partial charge in [-0.2, -0.15) is 13.2 Å².